The number of amides is 2. The molecule has 1 aliphatic rings. The molecule has 1 heterocycles. The van der Waals surface area contributed by atoms with E-state index in [1.54, 1.807) is 18.2 Å². The van der Waals surface area contributed by atoms with Gasteiger partial charge in [-0.3, -0.25) is 24.0 Å². The predicted octanol–water partition coefficient (Wildman–Crippen LogP) is 1.48. The second-order valence-corrected chi connectivity index (χ2v) is 8.75. The van der Waals surface area contributed by atoms with E-state index >= 15 is 0 Å². The van der Waals surface area contributed by atoms with Gasteiger partial charge in [-0.05, 0) is 18.2 Å². The van der Waals surface area contributed by atoms with Crippen LogP contribution in [-0.2, 0) is 52.4 Å². The lowest BCUT2D eigenvalue weighted by molar-refractivity contribution is -0.282. The van der Waals surface area contributed by atoms with Gasteiger partial charge in [0.2, 0.25) is 6.29 Å². The van der Waals surface area contributed by atoms with Gasteiger partial charge in [-0.1, -0.05) is 17.7 Å². The number of hydrogen-bond donors (Lipinski definition) is 2. The summed E-state index contributed by atoms with van der Waals surface area (Å²) in [6.45, 7) is 4.80. The summed E-state index contributed by atoms with van der Waals surface area (Å²) in [6, 6.07) is 3.89. The van der Waals surface area contributed by atoms with Gasteiger partial charge in [0.05, 0.1) is 0 Å². The minimum atomic E-state index is -1.65. The van der Waals surface area contributed by atoms with Gasteiger partial charge in [-0.15, -0.1) is 0 Å². The van der Waals surface area contributed by atoms with E-state index in [-0.39, 0.29) is 0 Å². The van der Waals surface area contributed by atoms with E-state index < -0.39 is 79.2 Å². The highest BCUT2D eigenvalue weighted by atomic mass is 35.5. The normalized spacial score (nSPS) is 22.9. The van der Waals surface area contributed by atoms with Crippen LogP contribution in [0, 0.1) is 0 Å². The lowest BCUT2D eigenvalue weighted by atomic mass is 9.93. The van der Waals surface area contributed by atoms with Crippen LogP contribution in [0.4, 0.5) is 10.5 Å². The van der Waals surface area contributed by atoms with Crippen LogP contribution in [0.1, 0.15) is 34.6 Å². The molecule has 0 saturated carbocycles. The molecule has 0 spiro atoms. The largest absolute Gasteiger partial charge is 0.462 e. The third kappa shape index (κ3) is 10.1. The Balaban J connectivity index is 2.52. The standard InChI is InChI=1S/C24H29ClN2O12/c1-11(28)34-10-18(35-12(2)29)20-22(37-14(4)31)21(36-13(3)30)19(23(39-20)38-15(5)32)27-24(33)26-17-8-6-7-16(25)9-17/h6-9,18-23H,10H2,1-5H3,(H2,26,27,33)/t18-,19+,20+,21+,22+,23-/m1/s1. The second-order valence-electron chi connectivity index (χ2n) is 8.31. The molecule has 1 aromatic rings. The summed E-state index contributed by atoms with van der Waals surface area (Å²) in [7, 11) is 0. The zero-order chi connectivity index (χ0) is 29.3. The number of anilines is 1. The first kappa shape index (κ1) is 31.3. The van der Waals surface area contributed by atoms with Crippen molar-refractivity contribution in [2.24, 2.45) is 0 Å². The Morgan fingerprint density at radius 1 is 0.872 bits per heavy atom. The molecular weight excluding hydrogens is 544 g/mol. The minimum Gasteiger partial charge on any atom is -0.462 e. The van der Waals surface area contributed by atoms with Crippen LogP contribution in [-0.4, -0.2) is 79.2 Å². The molecule has 214 valence electrons. The monoisotopic (exact) mass is 572 g/mol. The molecule has 15 heteroatoms. The molecule has 14 nitrogen and oxygen atoms in total. The Morgan fingerprint density at radius 2 is 1.49 bits per heavy atom. The summed E-state index contributed by atoms with van der Waals surface area (Å²) in [5, 5.41) is 5.35. The van der Waals surface area contributed by atoms with E-state index in [0.29, 0.717) is 10.7 Å². The molecule has 0 bridgehead atoms. The van der Waals surface area contributed by atoms with Crippen LogP contribution in [0.5, 0.6) is 0 Å². The first-order chi connectivity index (χ1) is 18.3. The highest BCUT2D eigenvalue weighted by Crippen LogP contribution is 2.31. The fraction of sp³-hybridized carbons (Fsp3) is 0.500. The zero-order valence-electron chi connectivity index (χ0n) is 21.8. The lowest BCUT2D eigenvalue weighted by Gasteiger charge is -2.46. The molecule has 1 aliphatic heterocycles. The first-order valence-corrected chi connectivity index (χ1v) is 12.0. The smallest absolute Gasteiger partial charge is 0.319 e. The van der Waals surface area contributed by atoms with Crippen LogP contribution in [0.15, 0.2) is 24.3 Å². The lowest BCUT2D eigenvalue weighted by Crippen LogP contribution is -2.69. The molecule has 2 amide bonds. The fourth-order valence-corrected chi connectivity index (χ4v) is 3.92. The minimum absolute atomic E-state index is 0.301. The molecule has 0 aliphatic carbocycles. The summed E-state index contributed by atoms with van der Waals surface area (Å²) in [6.07, 6.45) is -7.61. The Kier molecular flexibility index (Phi) is 11.5. The van der Waals surface area contributed by atoms with Crippen LogP contribution in [0.25, 0.3) is 0 Å². The van der Waals surface area contributed by atoms with E-state index in [0.717, 1.165) is 34.6 Å². The van der Waals surface area contributed by atoms with Crippen molar-refractivity contribution in [2.45, 2.75) is 71.4 Å². The van der Waals surface area contributed by atoms with Crippen molar-refractivity contribution < 1.29 is 57.2 Å². The maximum Gasteiger partial charge on any atom is 0.319 e. The van der Waals surface area contributed by atoms with Crippen LogP contribution < -0.4 is 10.6 Å². The third-order valence-electron chi connectivity index (χ3n) is 4.99. The van der Waals surface area contributed by atoms with Crippen molar-refractivity contribution in [3.05, 3.63) is 29.3 Å². The van der Waals surface area contributed by atoms with Gasteiger partial charge in [-0.25, -0.2) is 4.79 Å². The van der Waals surface area contributed by atoms with E-state index in [1.165, 1.54) is 6.07 Å². The number of halogens is 1. The molecule has 1 saturated heterocycles. The molecule has 2 rings (SSSR count). The van der Waals surface area contributed by atoms with Crippen LogP contribution >= 0.6 is 11.6 Å². The molecular formula is C24H29ClN2O12. The van der Waals surface area contributed by atoms with E-state index in [9.17, 15) is 28.8 Å². The number of nitrogens with one attached hydrogen (secondary N) is 2. The quantitative estimate of drug-likeness (QED) is 0.321. The van der Waals surface area contributed by atoms with Gasteiger partial charge in [0.1, 0.15) is 18.8 Å². The number of esters is 5. The van der Waals surface area contributed by atoms with Gasteiger partial charge in [0, 0.05) is 45.3 Å². The average Bonchev–Trinajstić information content (AvgIpc) is 2.79. The fourth-order valence-electron chi connectivity index (χ4n) is 3.73. The molecule has 0 aromatic heterocycles. The number of benzene rings is 1. The SMILES string of the molecule is CC(=O)OC[C@@H](OC(C)=O)[C@@H]1O[C@@H](OC(C)=O)[C@@H](NC(=O)Nc2cccc(Cl)c2)[C@H](OC(C)=O)[C@H]1OC(C)=O. The Labute approximate surface area is 228 Å². The van der Waals surface area contributed by atoms with Gasteiger partial charge in [-0.2, -0.15) is 0 Å². The van der Waals surface area contributed by atoms with Crippen molar-refractivity contribution in [2.75, 3.05) is 11.9 Å². The maximum absolute atomic E-state index is 12.9. The third-order valence-corrected chi connectivity index (χ3v) is 5.22. The van der Waals surface area contributed by atoms with E-state index in [1.807, 2.05) is 0 Å². The van der Waals surface area contributed by atoms with E-state index in [2.05, 4.69) is 10.6 Å². The Morgan fingerprint density at radius 3 is 2.03 bits per heavy atom. The number of ether oxygens (including phenoxy) is 6. The van der Waals surface area contributed by atoms with Gasteiger partial charge >= 0.3 is 35.9 Å². The number of hydrogen-bond acceptors (Lipinski definition) is 12. The molecule has 6 atom stereocenters. The molecule has 1 aromatic carbocycles. The number of carbonyl (C=O) groups excluding carboxylic acids is 6. The van der Waals surface area contributed by atoms with Gasteiger partial charge in [0.15, 0.2) is 18.3 Å². The highest BCUT2D eigenvalue weighted by Gasteiger charge is 2.55. The maximum atomic E-state index is 12.9. The summed E-state index contributed by atoms with van der Waals surface area (Å²) in [4.78, 5) is 72.2. The summed E-state index contributed by atoms with van der Waals surface area (Å²) < 4.78 is 32.1. The van der Waals surface area contributed by atoms with Crippen molar-refractivity contribution >= 4 is 53.2 Å². The molecule has 0 unspecified atom stereocenters. The van der Waals surface area contributed by atoms with E-state index in [4.69, 9.17) is 40.0 Å². The second kappa shape index (κ2) is 14.3. The van der Waals surface area contributed by atoms with Crippen molar-refractivity contribution in [3.63, 3.8) is 0 Å². The first-order valence-electron chi connectivity index (χ1n) is 11.6. The Hall–Kier alpha value is -3.91. The van der Waals surface area contributed by atoms with Crippen molar-refractivity contribution in [3.8, 4) is 0 Å². The zero-order valence-corrected chi connectivity index (χ0v) is 22.5. The molecule has 39 heavy (non-hydrogen) atoms. The average molecular weight is 573 g/mol. The van der Waals surface area contributed by atoms with Crippen molar-refractivity contribution in [1.82, 2.24) is 5.32 Å². The van der Waals surface area contributed by atoms with Crippen LogP contribution in [0.3, 0.4) is 0 Å². The number of carbonyl (C=O) groups is 6. The van der Waals surface area contributed by atoms with Crippen LogP contribution in [0.2, 0.25) is 5.02 Å². The number of urea groups is 1. The Bertz CT molecular complexity index is 1100. The topological polar surface area (TPSA) is 182 Å². The molecule has 2 N–H and O–H groups in total. The van der Waals surface area contributed by atoms with Gasteiger partial charge < -0.3 is 39.1 Å². The molecule has 0 radical (unpaired) electrons. The summed E-state index contributed by atoms with van der Waals surface area (Å²) in [5.41, 5.74) is 0.301. The highest BCUT2D eigenvalue weighted by molar-refractivity contribution is 6.30. The summed E-state index contributed by atoms with van der Waals surface area (Å²) >= 11 is 5.95. The predicted molar refractivity (Wildman–Crippen MR) is 131 cm³/mol. The number of rotatable bonds is 9. The van der Waals surface area contributed by atoms with Crippen molar-refractivity contribution in [1.29, 1.82) is 0 Å². The summed E-state index contributed by atoms with van der Waals surface area (Å²) in [5.74, 6) is -4.10. The molecule has 1 fully saturated rings. The van der Waals surface area contributed by atoms with Gasteiger partial charge in [0.25, 0.3) is 0 Å².